The summed E-state index contributed by atoms with van der Waals surface area (Å²) in [5.74, 6) is 2.07. The van der Waals surface area contributed by atoms with E-state index in [4.69, 9.17) is 9.73 Å². The highest BCUT2D eigenvalue weighted by Crippen LogP contribution is 2.48. The Morgan fingerprint density at radius 3 is 2.97 bits per heavy atom. The van der Waals surface area contributed by atoms with Gasteiger partial charge in [-0.1, -0.05) is 17.8 Å². The molecule has 1 saturated carbocycles. The van der Waals surface area contributed by atoms with Crippen molar-refractivity contribution in [3.63, 3.8) is 0 Å². The van der Waals surface area contributed by atoms with Crippen LogP contribution in [0, 0.1) is 5.92 Å². The summed E-state index contributed by atoms with van der Waals surface area (Å²) in [5, 5.41) is 6.74. The van der Waals surface area contributed by atoms with Crippen LogP contribution in [0.5, 0.6) is 0 Å². The van der Waals surface area contributed by atoms with Gasteiger partial charge in [0.15, 0.2) is 11.3 Å². The second-order valence-corrected chi connectivity index (χ2v) is 11.8. The van der Waals surface area contributed by atoms with Gasteiger partial charge in [0.2, 0.25) is 5.91 Å². The van der Waals surface area contributed by atoms with Gasteiger partial charge in [-0.2, -0.15) is 5.10 Å². The van der Waals surface area contributed by atoms with E-state index in [-0.39, 0.29) is 28.3 Å². The number of amidine groups is 1. The van der Waals surface area contributed by atoms with Crippen LogP contribution in [0.15, 0.2) is 46.0 Å². The zero-order chi connectivity index (χ0) is 22.4. The SMILES string of the molecule is O=C(CSC1=NNC2C3CC4=S(CCCC4)C3=NC(=C3CC3)N12)NNC(=O)C1C=CC=CO1. The van der Waals surface area contributed by atoms with Crippen LogP contribution in [0.3, 0.4) is 0 Å². The average Bonchev–Trinajstić information content (AvgIpc) is 3.50. The van der Waals surface area contributed by atoms with Crippen LogP contribution >= 0.6 is 22.2 Å². The van der Waals surface area contributed by atoms with E-state index in [0.717, 1.165) is 30.3 Å². The number of thioether (sulfide) groups is 1. The molecule has 3 N–H and O–H groups in total. The van der Waals surface area contributed by atoms with E-state index in [0.29, 0.717) is 5.92 Å². The molecule has 2 amide bonds. The lowest BCUT2D eigenvalue weighted by molar-refractivity contribution is -0.132. The van der Waals surface area contributed by atoms with E-state index >= 15 is 0 Å². The largest absolute Gasteiger partial charge is 0.484 e. The molecule has 9 nitrogen and oxygen atoms in total. The quantitative estimate of drug-likeness (QED) is 0.416. The summed E-state index contributed by atoms with van der Waals surface area (Å²) >= 11 is 1.36. The Hall–Kier alpha value is -2.53. The van der Waals surface area contributed by atoms with Crippen molar-refractivity contribution in [1.82, 2.24) is 21.2 Å². The van der Waals surface area contributed by atoms with Gasteiger partial charge in [-0.3, -0.25) is 30.8 Å². The average molecular weight is 487 g/mol. The Morgan fingerprint density at radius 2 is 2.15 bits per heavy atom. The van der Waals surface area contributed by atoms with Crippen molar-refractivity contribution >= 4 is 49.1 Å². The van der Waals surface area contributed by atoms with Gasteiger partial charge < -0.3 is 4.74 Å². The first-order valence-corrected chi connectivity index (χ1v) is 13.8. The maximum absolute atomic E-state index is 12.4. The number of hydrazine groups is 1. The lowest BCUT2D eigenvalue weighted by Crippen LogP contribution is -2.49. The second kappa shape index (κ2) is 8.68. The molecule has 0 aromatic heterocycles. The summed E-state index contributed by atoms with van der Waals surface area (Å²) in [5.41, 5.74) is 9.61. The number of allylic oxidation sites excluding steroid dienone is 3. The zero-order valence-electron chi connectivity index (χ0n) is 18.1. The number of carbonyl (C=O) groups excluding carboxylic acids is 2. The summed E-state index contributed by atoms with van der Waals surface area (Å²) in [4.78, 5) is 33.6. The molecule has 1 fully saturated rings. The monoisotopic (exact) mass is 486 g/mol. The van der Waals surface area contributed by atoms with Crippen LogP contribution in [-0.2, 0) is 14.3 Å². The van der Waals surface area contributed by atoms with Gasteiger partial charge in [0.1, 0.15) is 12.0 Å². The molecule has 0 aromatic carbocycles. The third-order valence-electron chi connectivity index (χ3n) is 6.45. The van der Waals surface area contributed by atoms with Gasteiger partial charge in [0, 0.05) is 0 Å². The minimum atomic E-state index is -0.742. The molecule has 1 aliphatic carbocycles. The van der Waals surface area contributed by atoms with Gasteiger partial charge >= 0.3 is 0 Å². The van der Waals surface area contributed by atoms with Crippen molar-refractivity contribution in [3.05, 3.63) is 35.9 Å². The van der Waals surface area contributed by atoms with E-state index in [1.165, 1.54) is 53.7 Å². The van der Waals surface area contributed by atoms with Crippen LogP contribution in [0.2, 0.25) is 0 Å². The van der Waals surface area contributed by atoms with Crippen LogP contribution in [0.1, 0.15) is 38.5 Å². The predicted molar refractivity (Wildman–Crippen MR) is 131 cm³/mol. The number of nitrogens with one attached hydrogen (secondary N) is 3. The second-order valence-electron chi connectivity index (χ2n) is 8.71. The van der Waals surface area contributed by atoms with Crippen LogP contribution in [0.4, 0.5) is 0 Å². The smallest absolute Gasteiger partial charge is 0.283 e. The number of fused-ring (bicyclic) bond motifs is 4. The number of ether oxygens (including phenoxy) is 1. The number of amides is 2. The first-order valence-electron chi connectivity index (χ1n) is 11.4. The Kier molecular flexibility index (Phi) is 5.53. The summed E-state index contributed by atoms with van der Waals surface area (Å²) < 4.78 is 5.19. The third kappa shape index (κ3) is 4.01. The molecular formula is C22H26N6O3S2. The molecular weight excluding hydrogens is 460 g/mol. The molecule has 33 heavy (non-hydrogen) atoms. The summed E-state index contributed by atoms with van der Waals surface area (Å²) in [6.45, 7) is 0. The minimum absolute atomic E-state index is 0.0831. The number of hydrogen-bond donors (Lipinski definition) is 3. The number of nitrogens with zero attached hydrogens (tertiary/aromatic N) is 3. The fourth-order valence-electron chi connectivity index (χ4n) is 4.73. The Morgan fingerprint density at radius 1 is 1.24 bits per heavy atom. The Balaban J connectivity index is 1.10. The minimum Gasteiger partial charge on any atom is -0.484 e. The molecule has 11 heteroatoms. The number of aliphatic imine (C=N–C) groups is 1. The predicted octanol–water partition coefficient (Wildman–Crippen LogP) is 1.90. The number of rotatable bonds is 3. The fourth-order valence-corrected chi connectivity index (χ4v) is 8.36. The standard InChI is InChI=1S/C22H26N6O3S2/c29-17(24-26-20(30)16-6-1-3-9-31-16)12-32-22-27-25-19-15-11-14-5-2-4-10-33(14)21(15)23-18(28(19)22)13-7-8-13/h1,3,6,9,15-16,19,25H,2,4-5,7-8,10-12H2,(H,24,29)(H,26,30). The number of hydrazone groups is 1. The van der Waals surface area contributed by atoms with Crippen molar-refractivity contribution in [1.29, 1.82) is 0 Å². The van der Waals surface area contributed by atoms with Crippen LogP contribution < -0.4 is 16.3 Å². The molecule has 174 valence electrons. The lowest BCUT2D eigenvalue weighted by Gasteiger charge is -2.36. The highest BCUT2D eigenvalue weighted by Gasteiger charge is 2.48. The molecule has 6 aliphatic rings. The Bertz CT molecular complexity index is 1090. The van der Waals surface area contributed by atoms with Crippen LogP contribution in [-0.4, -0.2) is 55.6 Å². The molecule has 0 aromatic rings. The highest BCUT2D eigenvalue weighted by atomic mass is 32.2. The van der Waals surface area contributed by atoms with Crippen molar-refractivity contribution in [2.24, 2.45) is 16.0 Å². The molecule has 5 aliphatic heterocycles. The highest BCUT2D eigenvalue weighted by molar-refractivity contribution is 8.29. The molecule has 4 unspecified atom stereocenters. The van der Waals surface area contributed by atoms with E-state index in [1.807, 2.05) is 0 Å². The van der Waals surface area contributed by atoms with E-state index < -0.39 is 12.0 Å². The maximum Gasteiger partial charge on any atom is 0.283 e. The lowest BCUT2D eigenvalue weighted by atomic mass is 9.97. The first kappa shape index (κ1) is 21.0. The molecule has 0 saturated heterocycles. The molecule has 0 bridgehead atoms. The maximum atomic E-state index is 12.4. The van der Waals surface area contributed by atoms with Crippen molar-refractivity contribution in [2.45, 2.75) is 50.8 Å². The van der Waals surface area contributed by atoms with E-state index in [2.05, 4.69) is 26.3 Å². The number of hydrogen-bond acceptors (Lipinski definition) is 8. The molecule has 6 rings (SSSR count). The molecule has 0 spiro atoms. The van der Waals surface area contributed by atoms with Crippen molar-refractivity contribution in [3.8, 4) is 0 Å². The van der Waals surface area contributed by atoms with E-state index in [1.54, 1.807) is 23.1 Å². The molecule has 4 atom stereocenters. The van der Waals surface area contributed by atoms with Gasteiger partial charge in [0.25, 0.3) is 5.91 Å². The summed E-state index contributed by atoms with van der Waals surface area (Å²) in [6.07, 6.45) is 12.9. The van der Waals surface area contributed by atoms with Gasteiger partial charge in [-0.25, -0.2) is 4.99 Å². The molecule has 0 radical (unpaired) electrons. The first-order chi connectivity index (χ1) is 16.2. The topological polar surface area (TPSA) is 107 Å². The van der Waals surface area contributed by atoms with Gasteiger partial charge in [0.05, 0.1) is 23.0 Å². The Labute approximate surface area is 198 Å². The summed E-state index contributed by atoms with van der Waals surface area (Å²) in [7, 11) is 0.232. The van der Waals surface area contributed by atoms with Gasteiger partial charge in [-0.05, 0) is 66.9 Å². The van der Waals surface area contributed by atoms with E-state index in [9.17, 15) is 9.59 Å². The van der Waals surface area contributed by atoms with Crippen LogP contribution in [0.25, 0.3) is 0 Å². The van der Waals surface area contributed by atoms with Crippen molar-refractivity contribution < 1.29 is 14.3 Å². The molecule has 5 heterocycles. The zero-order valence-corrected chi connectivity index (χ0v) is 19.7. The van der Waals surface area contributed by atoms with Gasteiger partial charge in [-0.15, -0.1) is 10.5 Å². The summed E-state index contributed by atoms with van der Waals surface area (Å²) in [6, 6.07) is 0. The van der Waals surface area contributed by atoms with Crippen molar-refractivity contribution in [2.75, 3.05) is 11.5 Å². The number of carbonyl (C=O) groups is 2. The fraction of sp³-hybridized carbons (Fsp3) is 0.500. The normalized spacial score (nSPS) is 31.0. The third-order valence-corrected chi connectivity index (χ3v) is 10.1.